The first kappa shape index (κ1) is 19.8. The van der Waals surface area contributed by atoms with Crippen LogP contribution in [0, 0.1) is 10.1 Å². The SMILES string of the molecule is C[C@@H]1Cc2ccsc2[C@H](C)N1CCNC(=O)c1ccc([N+](=O)[O-])s1.Cl. The van der Waals surface area contributed by atoms with Crippen molar-refractivity contribution in [3.8, 4) is 0 Å². The quantitative estimate of drug-likeness (QED) is 0.609. The summed E-state index contributed by atoms with van der Waals surface area (Å²) in [7, 11) is 0. The predicted octanol–water partition coefficient (Wildman–Crippen LogP) is 3.88. The van der Waals surface area contributed by atoms with Gasteiger partial charge in [-0.25, -0.2) is 0 Å². The Morgan fingerprint density at radius 3 is 2.84 bits per heavy atom. The zero-order valence-corrected chi connectivity index (χ0v) is 16.4. The summed E-state index contributed by atoms with van der Waals surface area (Å²) in [5, 5.41) is 15.7. The highest BCUT2D eigenvalue weighted by molar-refractivity contribution is 7.17. The number of carbonyl (C=O) groups excluding carboxylic acids is 1. The lowest BCUT2D eigenvalue weighted by Crippen LogP contribution is -2.44. The third-order valence-electron chi connectivity index (χ3n) is 4.39. The first-order valence-corrected chi connectivity index (χ1v) is 9.51. The van der Waals surface area contributed by atoms with E-state index in [2.05, 4.69) is 35.5 Å². The van der Waals surface area contributed by atoms with Crippen molar-refractivity contribution < 1.29 is 9.72 Å². The van der Waals surface area contributed by atoms with Crippen LogP contribution in [0.4, 0.5) is 5.00 Å². The third-order valence-corrected chi connectivity index (χ3v) is 6.56. The molecular weight excluding hydrogens is 382 g/mol. The number of hydrogen-bond acceptors (Lipinski definition) is 6. The number of carbonyl (C=O) groups is 1. The Kier molecular flexibility index (Phi) is 6.56. The molecule has 9 heteroatoms. The second-order valence-corrected chi connectivity index (χ2v) is 7.94. The van der Waals surface area contributed by atoms with Gasteiger partial charge in [-0.3, -0.25) is 19.8 Å². The van der Waals surface area contributed by atoms with Gasteiger partial charge in [0.25, 0.3) is 5.91 Å². The fourth-order valence-corrected chi connectivity index (χ4v) is 4.95. The molecule has 0 spiro atoms. The maximum absolute atomic E-state index is 12.1. The summed E-state index contributed by atoms with van der Waals surface area (Å²) in [6.07, 6.45) is 1.04. The number of nitrogens with one attached hydrogen (secondary N) is 1. The second kappa shape index (κ2) is 8.27. The fraction of sp³-hybridized carbons (Fsp3) is 0.438. The molecule has 0 aliphatic carbocycles. The van der Waals surface area contributed by atoms with E-state index in [4.69, 9.17) is 0 Å². The highest BCUT2D eigenvalue weighted by Crippen LogP contribution is 2.35. The van der Waals surface area contributed by atoms with E-state index in [0.29, 0.717) is 23.5 Å². The van der Waals surface area contributed by atoms with Crippen molar-refractivity contribution >= 4 is 46.0 Å². The molecule has 0 bridgehead atoms. The predicted molar refractivity (Wildman–Crippen MR) is 103 cm³/mol. The van der Waals surface area contributed by atoms with E-state index in [1.807, 2.05) is 0 Å². The first-order chi connectivity index (χ1) is 11.5. The van der Waals surface area contributed by atoms with Crippen LogP contribution in [-0.4, -0.2) is 34.9 Å². The minimum absolute atomic E-state index is 0. The Morgan fingerprint density at radius 2 is 2.16 bits per heavy atom. The van der Waals surface area contributed by atoms with Gasteiger partial charge in [0.2, 0.25) is 0 Å². The normalized spacial score (nSPS) is 19.8. The molecule has 1 N–H and O–H groups in total. The molecule has 0 fully saturated rings. The van der Waals surface area contributed by atoms with Crippen LogP contribution >= 0.6 is 35.1 Å². The molecule has 136 valence electrons. The van der Waals surface area contributed by atoms with Gasteiger partial charge in [-0.05, 0) is 43.3 Å². The van der Waals surface area contributed by atoms with Gasteiger partial charge in [0, 0.05) is 36.1 Å². The smallest absolute Gasteiger partial charge is 0.324 e. The second-order valence-electron chi connectivity index (χ2n) is 5.93. The molecular formula is C16H20ClN3O3S2. The molecule has 1 amide bonds. The van der Waals surface area contributed by atoms with Crippen LogP contribution in [0.2, 0.25) is 0 Å². The van der Waals surface area contributed by atoms with Gasteiger partial charge >= 0.3 is 5.00 Å². The molecule has 3 heterocycles. The molecule has 2 aromatic rings. The van der Waals surface area contributed by atoms with E-state index in [9.17, 15) is 14.9 Å². The van der Waals surface area contributed by atoms with Gasteiger partial charge in [0.1, 0.15) is 0 Å². The van der Waals surface area contributed by atoms with Crippen LogP contribution in [0.3, 0.4) is 0 Å². The zero-order valence-electron chi connectivity index (χ0n) is 13.9. The van der Waals surface area contributed by atoms with E-state index < -0.39 is 4.92 Å². The first-order valence-electron chi connectivity index (χ1n) is 7.82. The molecule has 0 aromatic carbocycles. The van der Waals surface area contributed by atoms with Crippen LogP contribution in [0.1, 0.15) is 40.0 Å². The molecule has 2 atom stereocenters. The van der Waals surface area contributed by atoms with Crippen molar-refractivity contribution in [2.75, 3.05) is 13.1 Å². The number of amides is 1. The number of nitrogens with zero attached hydrogens (tertiary/aromatic N) is 2. The number of rotatable bonds is 5. The van der Waals surface area contributed by atoms with E-state index >= 15 is 0 Å². The Balaban J connectivity index is 0.00000225. The summed E-state index contributed by atoms with van der Waals surface area (Å²) in [6.45, 7) is 5.70. The van der Waals surface area contributed by atoms with Crippen LogP contribution in [0.25, 0.3) is 0 Å². The van der Waals surface area contributed by atoms with Gasteiger partial charge in [-0.2, -0.15) is 0 Å². The maximum Gasteiger partial charge on any atom is 0.324 e. The summed E-state index contributed by atoms with van der Waals surface area (Å²) < 4.78 is 0. The zero-order chi connectivity index (χ0) is 17.3. The lowest BCUT2D eigenvalue weighted by molar-refractivity contribution is -0.380. The molecule has 25 heavy (non-hydrogen) atoms. The number of fused-ring (bicyclic) bond motifs is 1. The molecule has 1 aliphatic heterocycles. The number of nitro groups is 1. The molecule has 3 rings (SSSR count). The van der Waals surface area contributed by atoms with Crippen LogP contribution < -0.4 is 5.32 Å². The third kappa shape index (κ3) is 4.20. The molecule has 0 radical (unpaired) electrons. The number of thiophene rings is 2. The van der Waals surface area contributed by atoms with Gasteiger partial charge in [-0.15, -0.1) is 23.7 Å². The Labute approximate surface area is 160 Å². The maximum atomic E-state index is 12.1. The molecule has 0 saturated heterocycles. The fourth-order valence-electron chi connectivity index (χ4n) is 3.20. The van der Waals surface area contributed by atoms with Gasteiger partial charge in [0.15, 0.2) is 0 Å². The highest BCUT2D eigenvalue weighted by atomic mass is 35.5. The van der Waals surface area contributed by atoms with Crippen molar-refractivity contribution in [2.24, 2.45) is 0 Å². The summed E-state index contributed by atoms with van der Waals surface area (Å²) in [5.74, 6) is -0.248. The van der Waals surface area contributed by atoms with Crippen molar-refractivity contribution in [1.82, 2.24) is 10.2 Å². The minimum atomic E-state index is -0.475. The Bertz CT molecular complexity index is 761. The topological polar surface area (TPSA) is 75.5 Å². The highest BCUT2D eigenvalue weighted by Gasteiger charge is 2.29. The van der Waals surface area contributed by atoms with E-state index in [1.54, 1.807) is 11.3 Å². The molecule has 2 aromatic heterocycles. The lowest BCUT2D eigenvalue weighted by atomic mass is 9.97. The van der Waals surface area contributed by atoms with Gasteiger partial charge in [0.05, 0.1) is 9.80 Å². The standard InChI is InChI=1S/C16H19N3O3S2.ClH/c1-10-9-12-5-8-23-15(12)11(2)18(10)7-6-17-16(20)13-3-4-14(24-13)19(21)22;/h3-5,8,10-11H,6-7,9H2,1-2H3,(H,17,20);1H/t10-,11+;/m1./s1. The summed E-state index contributed by atoms with van der Waals surface area (Å²) in [6, 6.07) is 5.86. The molecule has 6 nitrogen and oxygen atoms in total. The van der Waals surface area contributed by atoms with Gasteiger partial charge < -0.3 is 5.32 Å². The lowest BCUT2D eigenvalue weighted by Gasteiger charge is -2.38. The number of halogens is 1. The van der Waals surface area contributed by atoms with Crippen LogP contribution in [0.15, 0.2) is 23.6 Å². The average molecular weight is 402 g/mol. The Hall–Kier alpha value is -1.48. The minimum Gasteiger partial charge on any atom is -0.350 e. The molecule has 1 aliphatic rings. The summed E-state index contributed by atoms with van der Waals surface area (Å²) >= 11 is 2.70. The van der Waals surface area contributed by atoms with Crippen molar-refractivity contribution in [3.63, 3.8) is 0 Å². The molecule has 0 unspecified atom stereocenters. The molecule has 0 saturated carbocycles. The monoisotopic (exact) mass is 401 g/mol. The van der Waals surface area contributed by atoms with Crippen molar-refractivity contribution in [3.05, 3.63) is 49.0 Å². The number of hydrogen-bond donors (Lipinski definition) is 1. The van der Waals surface area contributed by atoms with Crippen LogP contribution in [-0.2, 0) is 6.42 Å². The summed E-state index contributed by atoms with van der Waals surface area (Å²) in [5.41, 5.74) is 1.44. The average Bonchev–Trinajstić information content (AvgIpc) is 3.19. The van der Waals surface area contributed by atoms with Gasteiger partial charge in [-0.1, -0.05) is 11.3 Å². The van der Waals surface area contributed by atoms with E-state index in [1.165, 1.54) is 22.6 Å². The van der Waals surface area contributed by atoms with E-state index in [-0.39, 0.29) is 23.3 Å². The Morgan fingerprint density at radius 1 is 1.40 bits per heavy atom. The summed E-state index contributed by atoms with van der Waals surface area (Å²) in [4.78, 5) is 26.5. The van der Waals surface area contributed by atoms with Crippen LogP contribution in [0.5, 0.6) is 0 Å². The van der Waals surface area contributed by atoms with Crippen molar-refractivity contribution in [1.29, 1.82) is 0 Å². The van der Waals surface area contributed by atoms with Crippen molar-refractivity contribution in [2.45, 2.75) is 32.4 Å². The van der Waals surface area contributed by atoms with E-state index in [0.717, 1.165) is 24.3 Å². The largest absolute Gasteiger partial charge is 0.350 e.